The predicted molar refractivity (Wildman–Crippen MR) is 101 cm³/mol. The molecule has 9 heteroatoms. The fraction of sp³-hybridized carbons (Fsp3) is 0.529. The minimum Gasteiger partial charge on any atom is -0.466 e. The van der Waals surface area contributed by atoms with Crippen LogP contribution in [0.4, 0.5) is 0 Å². The van der Waals surface area contributed by atoms with Gasteiger partial charge in [0, 0.05) is 26.1 Å². The van der Waals surface area contributed by atoms with E-state index in [0.29, 0.717) is 50.3 Å². The van der Waals surface area contributed by atoms with Gasteiger partial charge in [0.25, 0.3) is 0 Å². The second-order valence-electron chi connectivity index (χ2n) is 6.14. The number of thiophene rings is 1. The third-order valence-electron chi connectivity index (χ3n) is 4.52. The van der Waals surface area contributed by atoms with E-state index in [1.165, 1.54) is 0 Å². The van der Waals surface area contributed by atoms with Crippen LogP contribution in [0.3, 0.4) is 0 Å². The van der Waals surface area contributed by atoms with Gasteiger partial charge < -0.3 is 9.64 Å². The molecule has 3 rings (SSSR count). The van der Waals surface area contributed by atoms with Crippen LogP contribution in [-0.4, -0.2) is 51.2 Å². The van der Waals surface area contributed by atoms with Gasteiger partial charge in [0.05, 0.1) is 17.4 Å². The molecule has 0 saturated carbocycles. The summed E-state index contributed by atoms with van der Waals surface area (Å²) in [6.45, 7) is 3.88. The molecule has 140 valence electrons. The number of carbonyl (C=O) groups is 2. The lowest BCUT2D eigenvalue weighted by Gasteiger charge is -2.31. The van der Waals surface area contributed by atoms with Gasteiger partial charge in [-0.1, -0.05) is 6.07 Å². The van der Waals surface area contributed by atoms with Crippen LogP contribution >= 0.6 is 23.6 Å². The van der Waals surface area contributed by atoms with Gasteiger partial charge in [-0.15, -0.1) is 11.3 Å². The van der Waals surface area contributed by atoms with Gasteiger partial charge in [-0.2, -0.15) is 5.10 Å². The summed E-state index contributed by atoms with van der Waals surface area (Å²) >= 11 is 6.88. The van der Waals surface area contributed by atoms with Gasteiger partial charge in [-0.3, -0.25) is 19.3 Å². The zero-order chi connectivity index (χ0) is 18.5. The maximum atomic E-state index is 12.5. The lowest BCUT2D eigenvalue weighted by atomic mass is 9.97. The Bertz CT molecular complexity index is 804. The number of nitrogens with one attached hydrogen (secondary N) is 1. The number of hydrogen-bond donors (Lipinski definition) is 1. The first kappa shape index (κ1) is 18.8. The van der Waals surface area contributed by atoms with E-state index in [1.807, 2.05) is 33.9 Å². The van der Waals surface area contributed by atoms with Crippen LogP contribution < -0.4 is 0 Å². The SMILES string of the molecule is CCOC(=O)C1CCN(C(=O)CCn2c(-c3cccs3)n[nH]c2=S)CC1. The molecular weight excluding hydrogens is 372 g/mol. The average molecular weight is 395 g/mol. The first-order chi connectivity index (χ1) is 12.6. The topological polar surface area (TPSA) is 80.2 Å². The molecule has 2 aromatic heterocycles. The maximum absolute atomic E-state index is 12.5. The largest absolute Gasteiger partial charge is 0.466 e. The van der Waals surface area contributed by atoms with E-state index in [2.05, 4.69) is 10.2 Å². The van der Waals surface area contributed by atoms with Gasteiger partial charge >= 0.3 is 5.97 Å². The van der Waals surface area contributed by atoms with Crippen molar-refractivity contribution in [3.05, 3.63) is 22.3 Å². The van der Waals surface area contributed by atoms with Gasteiger partial charge in [-0.05, 0) is 43.4 Å². The minimum absolute atomic E-state index is 0.0764. The fourth-order valence-electron chi connectivity index (χ4n) is 3.11. The van der Waals surface area contributed by atoms with Crippen LogP contribution in [0.15, 0.2) is 17.5 Å². The molecule has 0 radical (unpaired) electrons. The highest BCUT2D eigenvalue weighted by Gasteiger charge is 2.28. The van der Waals surface area contributed by atoms with Crippen molar-refractivity contribution in [3.63, 3.8) is 0 Å². The lowest BCUT2D eigenvalue weighted by molar-refractivity contribution is -0.151. The zero-order valence-electron chi connectivity index (χ0n) is 14.6. The number of hydrogen-bond acceptors (Lipinski definition) is 6. The Morgan fingerprint density at radius 1 is 1.42 bits per heavy atom. The Labute approximate surface area is 161 Å². The smallest absolute Gasteiger partial charge is 0.309 e. The van der Waals surface area contributed by atoms with Crippen LogP contribution in [0.5, 0.6) is 0 Å². The number of esters is 1. The maximum Gasteiger partial charge on any atom is 0.309 e. The van der Waals surface area contributed by atoms with Crippen LogP contribution in [0.2, 0.25) is 0 Å². The Kier molecular flexibility index (Phi) is 6.20. The fourth-order valence-corrected chi connectivity index (χ4v) is 4.05. The van der Waals surface area contributed by atoms with E-state index < -0.39 is 0 Å². The first-order valence-electron chi connectivity index (χ1n) is 8.73. The van der Waals surface area contributed by atoms with E-state index in [0.717, 1.165) is 10.7 Å². The van der Waals surface area contributed by atoms with Crippen LogP contribution in [0.1, 0.15) is 26.2 Å². The molecule has 1 aliphatic rings. The number of carbonyl (C=O) groups excluding carboxylic acids is 2. The number of likely N-dealkylation sites (tertiary alicyclic amines) is 1. The van der Waals surface area contributed by atoms with Gasteiger partial charge in [0.15, 0.2) is 10.6 Å². The summed E-state index contributed by atoms with van der Waals surface area (Å²) in [6, 6.07) is 3.94. The summed E-state index contributed by atoms with van der Waals surface area (Å²) in [5.74, 6) is 0.600. The molecule has 0 spiro atoms. The number of amides is 1. The second-order valence-corrected chi connectivity index (χ2v) is 7.47. The summed E-state index contributed by atoms with van der Waals surface area (Å²) in [6.07, 6.45) is 1.68. The summed E-state index contributed by atoms with van der Waals surface area (Å²) in [5, 5.41) is 9.06. The molecule has 0 bridgehead atoms. The van der Waals surface area contributed by atoms with Gasteiger partial charge in [0.2, 0.25) is 5.91 Å². The predicted octanol–water partition coefficient (Wildman–Crippen LogP) is 2.86. The monoisotopic (exact) mass is 394 g/mol. The normalized spacial score (nSPS) is 15.2. The van der Waals surface area contributed by atoms with Crippen molar-refractivity contribution in [2.75, 3.05) is 19.7 Å². The molecule has 7 nitrogen and oxygen atoms in total. The van der Waals surface area contributed by atoms with Crippen molar-refractivity contribution in [1.82, 2.24) is 19.7 Å². The highest BCUT2D eigenvalue weighted by molar-refractivity contribution is 7.71. The molecule has 2 aromatic rings. The number of ether oxygens (including phenoxy) is 1. The molecule has 0 aliphatic carbocycles. The number of H-pyrrole nitrogens is 1. The molecule has 0 aromatic carbocycles. The number of piperidine rings is 1. The van der Waals surface area contributed by atoms with Crippen molar-refractivity contribution >= 4 is 35.4 Å². The molecule has 1 N–H and O–H groups in total. The van der Waals surface area contributed by atoms with Gasteiger partial charge in [0.1, 0.15) is 0 Å². The summed E-state index contributed by atoms with van der Waals surface area (Å²) in [5.41, 5.74) is 0. The Hall–Kier alpha value is -2.00. The molecule has 3 heterocycles. The molecule has 26 heavy (non-hydrogen) atoms. The second kappa shape index (κ2) is 8.59. The van der Waals surface area contributed by atoms with E-state index in [1.54, 1.807) is 11.3 Å². The molecule has 1 fully saturated rings. The third kappa shape index (κ3) is 4.21. The van der Waals surface area contributed by atoms with E-state index in [4.69, 9.17) is 17.0 Å². The molecule has 1 saturated heterocycles. The highest BCUT2D eigenvalue weighted by atomic mass is 32.1. The van der Waals surface area contributed by atoms with Crippen LogP contribution in [-0.2, 0) is 20.9 Å². The molecular formula is C17H22N4O3S2. The Balaban J connectivity index is 1.55. The molecule has 1 amide bonds. The third-order valence-corrected chi connectivity index (χ3v) is 5.69. The van der Waals surface area contributed by atoms with Crippen molar-refractivity contribution in [2.45, 2.75) is 32.7 Å². The number of rotatable bonds is 6. The quantitative estimate of drug-likeness (QED) is 0.602. The highest BCUT2D eigenvalue weighted by Crippen LogP contribution is 2.23. The van der Waals surface area contributed by atoms with Crippen molar-refractivity contribution in [2.24, 2.45) is 5.92 Å². The standard InChI is InChI=1S/C17H22N4O3S2/c1-2-24-16(23)12-5-8-20(9-6-12)14(22)7-10-21-15(18-19-17(21)25)13-4-3-11-26-13/h3-4,11-12H,2,5-10H2,1H3,(H,19,25). The first-order valence-corrected chi connectivity index (χ1v) is 10.0. The van der Waals surface area contributed by atoms with E-state index in [-0.39, 0.29) is 17.8 Å². The summed E-state index contributed by atoms with van der Waals surface area (Å²) in [4.78, 5) is 27.2. The lowest BCUT2D eigenvalue weighted by Crippen LogP contribution is -2.40. The average Bonchev–Trinajstić information content (AvgIpc) is 3.29. The van der Waals surface area contributed by atoms with Crippen LogP contribution in [0.25, 0.3) is 10.7 Å². The summed E-state index contributed by atoms with van der Waals surface area (Å²) < 4.78 is 7.45. The molecule has 0 atom stereocenters. The van der Waals surface area contributed by atoms with E-state index in [9.17, 15) is 9.59 Å². The summed E-state index contributed by atoms with van der Waals surface area (Å²) in [7, 11) is 0. The number of aromatic amines is 1. The van der Waals surface area contributed by atoms with Crippen molar-refractivity contribution in [3.8, 4) is 10.7 Å². The molecule has 0 unspecified atom stereocenters. The molecule has 1 aliphatic heterocycles. The Morgan fingerprint density at radius 3 is 2.85 bits per heavy atom. The van der Waals surface area contributed by atoms with Gasteiger partial charge in [-0.25, -0.2) is 0 Å². The minimum atomic E-state index is -0.148. The van der Waals surface area contributed by atoms with Crippen molar-refractivity contribution in [1.29, 1.82) is 0 Å². The Morgan fingerprint density at radius 2 is 2.19 bits per heavy atom. The van der Waals surface area contributed by atoms with Crippen LogP contribution in [0, 0.1) is 10.7 Å². The van der Waals surface area contributed by atoms with E-state index >= 15 is 0 Å². The zero-order valence-corrected chi connectivity index (χ0v) is 16.3. The number of aromatic nitrogens is 3. The van der Waals surface area contributed by atoms with Crippen molar-refractivity contribution < 1.29 is 14.3 Å². The number of nitrogens with zero attached hydrogens (tertiary/aromatic N) is 3.